The summed E-state index contributed by atoms with van der Waals surface area (Å²) in [7, 11) is -0.682. The van der Waals surface area contributed by atoms with Crippen LogP contribution in [0.1, 0.15) is 32.2 Å². The van der Waals surface area contributed by atoms with E-state index in [2.05, 4.69) is 123 Å². The van der Waals surface area contributed by atoms with Crippen molar-refractivity contribution >= 4 is 23.8 Å². The van der Waals surface area contributed by atoms with Gasteiger partial charge in [-0.15, -0.1) is 0 Å². The monoisotopic (exact) mass is 398 g/mol. The second-order valence-electron chi connectivity index (χ2n) is 8.33. The van der Waals surface area contributed by atoms with Gasteiger partial charge < -0.3 is 0 Å². The van der Waals surface area contributed by atoms with E-state index in [0.29, 0.717) is 0 Å². The van der Waals surface area contributed by atoms with Crippen LogP contribution in [0.3, 0.4) is 0 Å². The molecule has 0 aliphatic rings. The molecule has 0 saturated carbocycles. The first-order chi connectivity index (χ1) is 13.9. The first kappa shape index (κ1) is 19.6. The number of para-hydroxylation sites is 1. The Morgan fingerprint density at radius 1 is 0.724 bits per heavy atom. The Morgan fingerprint density at radius 3 is 1.76 bits per heavy atom. The van der Waals surface area contributed by atoms with E-state index < -0.39 is 7.92 Å². The highest BCUT2D eigenvalue weighted by molar-refractivity contribution is 7.80. The average molecular weight is 398 g/mol. The van der Waals surface area contributed by atoms with Crippen molar-refractivity contribution in [3.63, 3.8) is 0 Å². The minimum Gasteiger partial charge on any atom is -0.237 e. The summed E-state index contributed by atoms with van der Waals surface area (Å²) in [5.74, 6) is 0. The first-order valence-corrected chi connectivity index (χ1v) is 11.4. The highest BCUT2D eigenvalue weighted by Crippen LogP contribution is 2.35. The summed E-state index contributed by atoms with van der Waals surface area (Å²) in [6.45, 7) is 8.79. The van der Waals surface area contributed by atoms with Crippen LogP contribution in [-0.2, 0) is 5.41 Å². The minimum atomic E-state index is -0.682. The molecule has 0 bridgehead atoms. The minimum absolute atomic E-state index is 0.0224. The number of rotatable bonds is 4. The Morgan fingerprint density at radius 2 is 1.24 bits per heavy atom. The van der Waals surface area contributed by atoms with Gasteiger partial charge >= 0.3 is 0 Å². The van der Waals surface area contributed by atoms with Gasteiger partial charge in [0.1, 0.15) is 0 Å². The topological polar surface area (TPSA) is 17.8 Å². The van der Waals surface area contributed by atoms with E-state index in [9.17, 15) is 0 Å². The van der Waals surface area contributed by atoms with E-state index >= 15 is 0 Å². The number of hydrogen-bond acceptors (Lipinski definition) is 1. The maximum absolute atomic E-state index is 5.01. The fourth-order valence-corrected chi connectivity index (χ4v) is 5.93. The van der Waals surface area contributed by atoms with Crippen LogP contribution >= 0.6 is 7.92 Å². The van der Waals surface area contributed by atoms with Gasteiger partial charge in [-0.3, -0.25) is 0 Å². The van der Waals surface area contributed by atoms with Crippen LogP contribution in [0, 0.1) is 6.92 Å². The van der Waals surface area contributed by atoms with E-state index in [-0.39, 0.29) is 5.41 Å². The molecule has 1 aromatic heterocycles. The molecular weight excluding hydrogens is 371 g/mol. The van der Waals surface area contributed by atoms with Crippen LogP contribution in [0.2, 0.25) is 0 Å². The van der Waals surface area contributed by atoms with E-state index in [1.807, 2.05) is 0 Å². The number of nitrogens with zero attached hydrogens (tertiary/aromatic N) is 2. The molecule has 3 heteroatoms. The third-order valence-electron chi connectivity index (χ3n) is 5.04. The molecule has 0 unspecified atom stereocenters. The molecule has 4 aromatic rings. The summed E-state index contributed by atoms with van der Waals surface area (Å²) in [5, 5.41) is 9.03. The summed E-state index contributed by atoms with van der Waals surface area (Å²) in [5.41, 5.74) is 3.47. The molecule has 2 nitrogen and oxygen atoms in total. The average Bonchev–Trinajstić information content (AvgIpc) is 3.12. The van der Waals surface area contributed by atoms with Gasteiger partial charge in [-0.25, -0.2) is 4.68 Å². The number of aryl methyl sites for hydroxylation is 1. The Labute approximate surface area is 175 Å². The lowest BCUT2D eigenvalue weighted by molar-refractivity contribution is 0.560. The predicted octanol–water partition coefficient (Wildman–Crippen LogP) is 5.24. The zero-order chi connectivity index (χ0) is 20.4. The number of aromatic nitrogens is 2. The molecule has 0 radical (unpaired) electrons. The standard InChI is InChI=1S/C26H27N2P/c1-20-19-25(26(2,3)4)27-28(20)23-17-11-12-18-24(23)29(21-13-7-5-8-14-21)22-15-9-6-10-16-22/h5-19H,1-4H3. The van der Waals surface area contributed by atoms with Gasteiger partial charge in [-0.2, -0.15) is 5.10 Å². The van der Waals surface area contributed by atoms with Gasteiger partial charge in [0, 0.05) is 16.4 Å². The lowest BCUT2D eigenvalue weighted by Gasteiger charge is -2.22. The van der Waals surface area contributed by atoms with E-state index in [1.165, 1.54) is 27.3 Å². The van der Waals surface area contributed by atoms with Crippen molar-refractivity contribution in [3.05, 3.63) is 102 Å². The van der Waals surface area contributed by atoms with Gasteiger partial charge in [0.05, 0.1) is 11.4 Å². The molecule has 0 saturated heterocycles. The van der Waals surface area contributed by atoms with Gasteiger partial charge in [0.15, 0.2) is 0 Å². The molecule has 0 atom stereocenters. The van der Waals surface area contributed by atoms with Crippen molar-refractivity contribution < 1.29 is 0 Å². The molecule has 0 aliphatic carbocycles. The first-order valence-electron chi connectivity index (χ1n) is 10.0. The second kappa shape index (κ2) is 7.97. The summed E-state index contributed by atoms with van der Waals surface area (Å²) >= 11 is 0. The fraction of sp³-hybridized carbons (Fsp3) is 0.192. The maximum Gasteiger partial charge on any atom is 0.0732 e. The van der Waals surface area contributed by atoms with Crippen LogP contribution in [0.5, 0.6) is 0 Å². The molecule has 1 heterocycles. The molecule has 4 rings (SSSR count). The van der Waals surface area contributed by atoms with E-state index in [4.69, 9.17) is 5.10 Å². The predicted molar refractivity (Wildman–Crippen MR) is 126 cm³/mol. The quantitative estimate of drug-likeness (QED) is 0.430. The van der Waals surface area contributed by atoms with Crippen molar-refractivity contribution in [1.82, 2.24) is 9.78 Å². The third kappa shape index (κ3) is 4.04. The Balaban J connectivity index is 1.92. The van der Waals surface area contributed by atoms with Gasteiger partial charge in [0.2, 0.25) is 0 Å². The second-order valence-corrected chi connectivity index (χ2v) is 10.5. The van der Waals surface area contributed by atoms with Crippen molar-refractivity contribution in [1.29, 1.82) is 0 Å². The molecule has 29 heavy (non-hydrogen) atoms. The Bertz CT molecular complexity index is 1050. The summed E-state index contributed by atoms with van der Waals surface area (Å²) < 4.78 is 2.12. The van der Waals surface area contributed by atoms with Crippen LogP contribution in [0.15, 0.2) is 91.0 Å². The van der Waals surface area contributed by atoms with Crippen molar-refractivity contribution in [2.75, 3.05) is 0 Å². The highest BCUT2D eigenvalue weighted by Gasteiger charge is 2.23. The summed E-state index contributed by atoms with van der Waals surface area (Å²) in [4.78, 5) is 0. The van der Waals surface area contributed by atoms with Gasteiger partial charge in [-0.05, 0) is 37.6 Å². The molecule has 3 aromatic carbocycles. The molecule has 0 aliphatic heterocycles. The van der Waals surface area contributed by atoms with Crippen LogP contribution in [0.4, 0.5) is 0 Å². The highest BCUT2D eigenvalue weighted by atomic mass is 31.1. The van der Waals surface area contributed by atoms with E-state index in [0.717, 1.165) is 5.69 Å². The normalized spacial score (nSPS) is 11.8. The molecule has 0 spiro atoms. The number of benzene rings is 3. The maximum atomic E-state index is 5.01. The molecule has 0 fully saturated rings. The zero-order valence-electron chi connectivity index (χ0n) is 17.5. The third-order valence-corrected chi connectivity index (χ3v) is 7.52. The number of hydrogen-bond donors (Lipinski definition) is 0. The van der Waals surface area contributed by atoms with Crippen LogP contribution < -0.4 is 15.9 Å². The summed E-state index contributed by atoms with van der Waals surface area (Å²) in [6.07, 6.45) is 0. The van der Waals surface area contributed by atoms with Crippen LogP contribution in [0.25, 0.3) is 5.69 Å². The van der Waals surface area contributed by atoms with Crippen molar-refractivity contribution in [3.8, 4) is 5.69 Å². The lowest BCUT2D eigenvalue weighted by Crippen LogP contribution is -2.24. The van der Waals surface area contributed by atoms with Gasteiger partial charge in [-0.1, -0.05) is 99.6 Å². The molecular formula is C26H27N2P. The molecule has 146 valence electrons. The van der Waals surface area contributed by atoms with Crippen molar-refractivity contribution in [2.24, 2.45) is 0 Å². The smallest absolute Gasteiger partial charge is 0.0732 e. The van der Waals surface area contributed by atoms with Crippen LogP contribution in [-0.4, -0.2) is 9.78 Å². The zero-order valence-corrected chi connectivity index (χ0v) is 18.4. The lowest BCUT2D eigenvalue weighted by atomic mass is 9.92. The largest absolute Gasteiger partial charge is 0.237 e. The SMILES string of the molecule is Cc1cc(C(C)(C)C)nn1-c1ccccc1P(c1ccccc1)c1ccccc1. The Kier molecular flexibility index (Phi) is 5.39. The molecule has 0 N–H and O–H groups in total. The summed E-state index contributed by atoms with van der Waals surface area (Å²) in [6, 6.07) is 32.6. The van der Waals surface area contributed by atoms with Gasteiger partial charge in [0.25, 0.3) is 0 Å². The Hall–Kier alpha value is -2.70. The fourth-order valence-electron chi connectivity index (χ4n) is 3.50. The van der Waals surface area contributed by atoms with Crippen molar-refractivity contribution in [2.45, 2.75) is 33.1 Å². The van der Waals surface area contributed by atoms with E-state index in [1.54, 1.807) is 0 Å². The molecule has 0 amide bonds.